The van der Waals surface area contributed by atoms with Crippen LogP contribution in [0.4, 0.5) is 4.39 Å². The van der Waals surface area contributed by atoms with Crippen LogP contribution in [0.15, 0.2) is 58.5 Å². The molecule has 0 radical (unpaired) electrons. The zero-order chi connectivity index (χ0) is 17.2. The smallest absolute Gasteiger partial charge is 0.255 e. The molecule has 0 bridgehead atoms. The van der Waals surface area contributed by atoms with Crippen molar-refractivity contribution >= 4 is 28.8 Å². The molecule has 1 atom stereocenters. The van der Waals surface area contributed by atoms with Crippen molar-refractivity contribution in [2.24, 2.45) is 0 Å². The number of carbonyl (C=O) groups is 1. The predicted octanol–water partition coefficient (Wildman–Crippen LogP) is 3.80. The van der Waals surface area contributed by atoms with Crippen molar-refractivity contribution in [3.05, 3.63) is 81.1 Å². The van der Waals surface area contributed by atoms with Gasteiger partial charge in [0.2, 0.25) is 0 Å². The minimum absolute atomic E-state index is 0.00478. The quantitative estimate of drug-likeness (QED) is 0.723. The molecule has 2 heterocycles. The molecule has 0 aliphatic carbocycles. The van der Waals surface area contributed by atoms with Gasteiger partial charge in [-0.25, -0.2) is 4.39 Å². The van der Waals surface area contributed by atoms with Gasteiger partial charge in [0.1, 0.15) is 11.6 Å². The van der Waals surface area contributed by atoms with Gasteiger partial charge in [0.25, 0.3) is 5.91 Å². The fraction of sp³-hybridized carbons (Fsp3) is 0.118. The van der Waals surface area contributed by atoms with E-state index in [0.717, 1.165) is 6.07 Å². The molecule has 2 N–H and O–H groups in total. The predicted molar refractivity (Wildman–Crippen MR) is 89.8 cm³/mol. The Kier molecular flexibility index (Phi) is 4.71. The van der Waals surface area contributed by atoms with Crippen LogP contribution in [-0.4, -0.2) is 17.6 Å². The maximum atomic E-state index is 13.8. The number of hydrogen-bond acceptors (Lipinski definition) is 4. The summed E-state index contributed by atoms with van der Waals surface area (Å²) in [5.74, 6) is -1.15. The van der Waals surface area contributed by atoms with E-state index in [0.29, 0.717) is 4.88 Å². The van der Waals surface area contributed by atoms with Crippen molar-refractivity contribution in [2.75, 3.05) is 6.54 Å². The summed E-state index contributed by atoms with van der Waals surface area (Å²) in [4.78, 5) is 12.9. The van der Waals surface area contributed by atoms with Gasteiger partial charge < -0.3 is 14.8 Å². The number of hydrogen-bond donors (Lipinski definition) is 2. The van der Waals surface area contributed by atoms with Gasteiger partial charge in [0, 0.05) is 4.88 Å². The van der Waals surface area contributed by atoms with E-state index in [4.69, 9.17) is 16.0 Å². The number of furan rings is 1. The summed E-state index contributed by atoms with van der Waals surface area (Å²) >= 11 is 7.21. The number of benzene rings is 1. The molecule has 24 heavy (non-hydrogen) atoms. The van der Waals surface area contributed by atoms with Gasteiger partial charge in [0.15, 0.2) is 5.60 Å². The van der Waals surface area contributed by atoms with Crippen molar-refractivity contribution in [3.8, 4) is 0 Å². The van der Waals surface area contributed by atoms with Gasteiger partial charge in [-0.05, 0) is 35.7 Å². The van der Waals surface area contributed by atoms with Crippen LogP contribution >= 0.6 is 22.9 Å². The Hall–Kier alpha value is -2.15. The van der Waals surface area contributed by atoms with Crippen molar-refractivity contribution < 1.29 is 18.7 Å². The molecule has 7 heteroatoms. The van der Waals surface area contributed by atoms with Crippen molar-refractivity contribution in [3.63, 3.8) is 0 Å². The second kappa shape index (κ2) is 6.76. The fourth-order valence-electron chi connectivity index (χ4n) is 2.33. The van der Waals surface area contributed by atoms with E-state index >= 15 is 0 Å². The molecule has 124 valence electrons. The van der Waals surface area contributed by atoms with Crippen LogP contribution in [0.5, 0.6) is 0 Å². The second-order valence-electron chi connectivity index (χ2n) is 5.09. The Balaban J connectivity index is 1.86. The summed E-state index contributed by atoms with van der Waals surface area (Å²) in [6.45, 7) is -0.190. The van der Waals surface area contributed by atoms with E-state index in [1.807, 2.05) is 0 Å². The fourth-order valence-corrected chi connectivity index (χ4v) is 3.41. The van der Waals surface area contributed by atoms with E-state index in [1.165, 1.54) is 29.7 Å². The number of rotatable bonds is 5. The normalized spacial score (nSPS) is 13.5. The van der Waals surface area contributed by atoms with Crippen molar-refractivity contribution in [1.29, 1.82) is 0 Å². The number of carbonyl (C=O) groups excluding carboxylic acids is 1. The van der Waals surface area contributed by atoms with Crippen molar-refractivity contribution in [1.82, 2.24) is 5.32 Å². The van der Waals surface area contributed by atoms with Crippen LogP contribution in [0.2, 0.25) is 5.02 Å². The van der Waals surface area contributed by atoms with E-state index in [2.05, 4.69) is 5.32 Å². The second-order valence-corrected chi connectivity index (χ2v) is 6.45. The topological polar surface area (TPSA) is 62.5 Å². The van der Waals surface area contributed by atoms with Crippen LogP contribution in [0, 0.1) is 5.82 Å². The lowest BCUT2D eigenvalue weighted by molar-refractivity contribution is 0.0553. The monoisotopic (exact) mass is 365 g/mol. The summed E-state index contributed by atoms with van der Waals surface area (Å²) in [6, 6.07) is 10.8. The van der Waals surface area contributed by atoms with E-state index in [1.54, 1.807) is 29.6 Å². The first-order chi connectivity index (χ1) is 11.5. The minimum atomic E-state index is -1.55. The maximum Gasteiger partial charge on any atom is 0.255 e. The molecular weight excluding hydrogens is 353 g/mol. The molecule has 0 saturated carbocycles. The lowest BCUT2D eigenvalue weighted by atomic mass is 9.98. The highest BCUT2D eigenvalue weighted by Crippen LogP contribution is 2.32. The molecule has 0 aliphatic rings. The Morgan fingerprint density at radius 2 is 2.12 bits per heavy atom. The molecule has 1 aromatic carbocycles. The van der Waals surface area contributed by atoms with E-state index in [9.17, 15) is 14.3 Å². The maximum absolute atomic E-state index is 13.8. The summed E-state index contributed by atoms with van der Waals surface area (Å²) in [5, 5.41) is 15.4. The zero-order valence-electron chi connectivity index (χ0n) is 12.3. The van der Waals surface area contributed by atoms with Gasteiger partial charge in [-0.1, -0.05) is 23.7 Å². The first-order valence-electron chi connectivity index (χ1n) is 7.05. The van der Waals surface area contributed by atoms with Crippen LogP contribution < -0.4 is 5.32 Å². The molecule has 2 aromatic heterocycles. The Labute approximate surface area is 146 Å². The molecule has 0 fully saturated rings. The highest BCUT2D eigenvalue weighted by molar-refractivity contribution is 7.10. The summed E-state index contributed by atoms with van der Waals surface area (Å²) in [5.41, 5.74) is -1.81. The molecule has 3 aromatic rings. The van der Waals surface area contributed by atoms with Gasteiger partial charge in [-0.2, -0.15) is 0 Å². The van der Waals surface area contributed by atoms with Crippen molar-refractivity contribution in [2.45, 2.75) is 5.60 Å². The molecule has 0 spiro atoms. The minimum Gasteiger partial charge on any atom is -0.466 e. The van der Waals surface area contributed by atoms with Crippen LogP contribution in [0.3, 0.4) is 0 Å². The van der Waals surface area contributed by atoms with E-state index < -0.39 is 17.3 Å². The third-order valence-corrected chi connectivity index (χ3v) is 4.89. The lowest BCUT2D eigenvalue weighted by Crippen LogP contribution is -2.41. The Morgan fingerprint density at radius 1 is 1.29 bits per heavy atom. The van der Waals surface area contributed by atoms with Gasteiger partial charge in [-0.15, -0.1) is 11.3 Å². The Morgan fingerprint density at radius 3 is 2.75 bits per heavy atom. The average Bonchev–Trinajstić information content (AvgIpc) is 3.25. The van der Waals surface area contributed by atoms with Gasteiger partial charge >= 0.3 is 0 Å². The van der Waals surface area contributed by atoms with Crippen LogP contribution in [-0.2, 0) is 5.60 Å². The standard InChI is InChI=1S/C17H13ClFNO3S/c18-11-4-1-5-12(19)15(11)16(21)20-10-17(22,13-6-2-8-23-13)14-7-3-9-24-14/h1-9,22H,10H2,(H,20,21). The molecule has 1 unspecified atom stereocenters. The number of nitrogens with one attached hydrogen (secondary N) is 1. The summed E-state index contributed by atoms with van der Waals surface area (Å²) in [6.07, 6.45) is 1.43. The molecular formula is C17H13ClFNO3S. The first kappa shape index (κ1) is 16.7. The highest BCUT2D eigenvalue weighted by Gasteiger charge is 2.36. The number of thiophene rings is 1. The molecule has 0 aliphatic heterocycles. The van der Waals surface area contributed by atoms with Gasteiger partial charge in [-0.3, -0.25) is 4.79 Å². The van der Waals surface area contributed by atoms with Crippen LogP contribution in [0.1, 0.15) is 21.0 Å². The van der Waals surface area contributed by atoms with Gasteiger partial charge in [0.05, 0.1) is 23.4 Å². The van der Waals surface area contributed by atoms with Crippen LogP contribution in [0.25, 0.3) is 0 Å². The summed E-state index contributed by atoms with van der Waals surface area (Å²) in [7, 11) is 0. The first-order valence-corrected chi connectivity index (χ1v) is 8.30. The molecule has 3 rings (SSSR count). The largest absolute Gasteiger partial charge is 0.466 e. The van der Waals surface area contributed by atoms with E-state index in [-0.39, 0.29) is 22.9 Å². The number of amides is 1. The zero-order valence-corrected chi connectivity index (χ0v) is 13.9. The molecule has 1 amide bonds. The molecule has 4 nitrogen and oxygen atoms in total. The third kappa shape index (κ3) is 3.08. The summed E-state index contributed by atoms with van der Waals surface area (Å²) < 4.78 is 19.2. The SMILES string of the molecule is O=C(NCC(O)(c1ccco1)c1cccs1)c1c(F)cccc1Cl. The Bertz CT molecular complexity index is 779. The average molecular weight is 366 g/mol. The lowest BCUT2D eigenvalue weighted by Gasteiger charge is -2.25. The third-order valence-electron chi connectivity index (χ3n) is 3.55. The number of aliphatic hydroxyl groups is 1. The molecule has 0 saturated heterocycles. The highest BCUT2D eigenvalue weighted by atomic mass is 35.5. The number of halogens is 2.